The molecule has 1 saturated carbocycles. The molecule has 2 saturated heterocycles. The summed E-state index contributed by atoms with van der Waals surface area (Å²) in [4.78, 5) is 2.89. The standard InChI is InChI=1S/C15H28N2/c1-10-3-4-13(7-11(10)2)17-14-5-6-15(17)9-12(16)8-14/h10-15H,3-9,16H2,1-2H3. The van der Waals surface area contributed by atoms with Crippen LogP contribution in [0.1, 0.15) is 58.8 Å². The van der Waals surface area contributed by atoms with Crippen LogP contribution < -0.4 is 5.73 Å². The van der Waals surface area contributed by atoms with E-state index in [1.54, 1.807) is 0 Å². The van der Waals surface area contributed by atoms with E-state index in [1.165, 1.54) is 44.9 Å². The van der Waals surface area contributed by atoms with Crippen LogP contribution >= 0.6 is 0 Å². The molecule has 3 rings (SSSR count). The summed E-state index contributed by atoms with van der Waals surface area (Å²) in [6.07, 6.45) is 9.66. The van der Waals surface area contributed by atoms with Gasteiger partial charge in [-0.25, -0.2) is 0 Å². The van der Waals surface area contributed by atoms with Gasteiger partial charge < -0.3 is 5.73 Å². The van der Waals surface area contributed by atoms with Gasteiger partial charge in [0.15, 0.2) is 0 Å². The van der Waals surface area contributed by atoms with Crippen molar-refractivity contribution in [1.29, 1.82) is 0 Å². The maximum Gasteiger partial charge on any atom is 0.0116 e. The van der Waals surface area contributed by atoms with E-state index in [1.807, 2.05) is 0 Å². The highest BCUT2D eigenvalue weighted by molar-refractivity contribution is 5.00. The summed E-state index contributed by atoms with van der Waals surface area (Å²) in [5, 5.41) is 0. The number of piperidine rings is 1. The SMILES string of the molecule is CC1CCC(N2C3CCC2CC(N)C3)CC1C. The Hall–Kier alpha value is -0.0800. The van der Waals surface area contributed by atoms with E-state index in [4.69, 9.17) is 5.73 Å². The summed E-state index contributed by atoms with van der Waals surface area (Å²) in [5.74, 6) is 1.86. The molecular weight excluding hydrogens is 208 g/mol. The topological polar surface area (TPSA) is 29.3 Å². The van der Waals surface area contributed by atoms with Gasteiger partial charge in [0, 0.05) is 24.2 Å². The van der Waals surface area contributed by atoms with Crippen molar-refractivity contribution >= 4 is 0 Å². The summed E-state index contributed by atoms with van der Waals surface area (Å²) in [6.45, 7) is 4.88. The summed E-state index contributed by atoms with van der Waals surface area (Å²) in [5.41, 5.74) is 6.17. The van der Waals surface area contributed by atoms with Crippen LogP contribution in [0.5, 0.6) is 0 Å². The van der Waals surface area contributed by atoms with Crippen LogP contribution in [-0.2, 0) is 0 Å². The van der Waals surface area contributed by atoms with E-state index in [0.29, 0.717) is 6.04 Å². The van der Waals surface area contributed by atoms with E-state index in [-0.39, 0.29) is 0 Å². The van der Waals surface area contributed by atoms with Crippen molar-refractivity contribution in [3.8, 4) is 0 Å². The van der Waals surface area contributed by atoms with Crippen LogP contribution in [0.4, 0.5) is 0 Å². The van der Waals surface area contributed by atoms with Gasteiger partial charge in [-0.3, -0.25) is 4.90 Å². The molecule has 17 heavy (non-hydrogen) atoms. The Balaban J connectivity index is 1.69. The average molecular weight is 236 g/mol. The highest BCUT2D eigenvalue weighted by Gasteiger charge is 2.44. The first-order valence-corrected chi connectivity index (χ1v) is 7.68. The number of nitrogens with zero attached hydrogens (tertiary/aromatic N) is 1. The maximum atomic E-state index is 6.17. The molecule has 2 N–H and O–H groups in total. The van der Waals surface area contributed by atoms with Crippen molar-refractivity contribution in [1.82, 2.24) is 4.90 Å². The van der Waals surface area contributed by atoms with E-state index in [9.17, 15) is 0 Å². The van der Waals surface area contributed by atoms with Gasteiger partial charge in [-0.15, -0.1) is 0 Å². The maximum absolute atomic E-state index is 6.17. The summed E-state index contributed by atoms with van der Waals surface area (Å²) in [6, 6.07) is 3.03. The molecule has 2 bridgehead atoms. The van der Waals surface area contributed by atoms with Gasteiger partial charge in [-0.05, 0) is 56.8 Å². The fraction of sp³-hybridized carbons (Fsp3) is 1.00. The number of nitrogens with two attached hydrogens (primary N) is 1. The largest absolute Gasteiger partial charge is 0.328 e. The van der Waals surface area contributed by atoms with Crippen molar-refractivity contribution in [3.05, 3.63) is 0 Å². The molecule has 2 heteroatoms. The smallest absolute Gasteiger partial charge is 0.0116 e. The molecule has 3 aliphatic rings. The Kier molecular flexibility index (Phi) is 3.20. The monoisotopic (exact) mass is 236 g/mol. The molecule has 5 unspecified atom stereocenters. The predicted octanol–water partition coefficient (Wildman–Crippen LogP) is 2.77. The molecule has 1 aliphatic carbocycles. The second-order valence-corrected chi connectivity index (χ2v) is 6.99. The van der Waals surface area contributed by atoms with Crippen molar-refractivity contribution in [3.63, 3.8) is 0 Å². The molecule has 3 fully saturated rings. The number of hydrogen-bond donors (Lipinski definition) is 1. The molecule has 0 amide bonds. The first kappa shape index (κ1) is 12.0. The summed E-state index contributed by atoms with van der Waals surface area (Å²) >= 11 is 0. The molecular formula is C15H28N2. The lowest BCUT2D eigenvalue weighted by Crippen LogP contribution is -2.53. The molecule has 2 nitrogen and oxygen atoms in total. The van der Waals surface area contributed by atoms with Crippen molar-refractivity contribution in [2.45, 2.75) is 83.0 Å². The average Bonchev–Trinajstić information content (AvgIpc) is 2.55. The fourth-order valence-electron chi connectivity index (χ4n) is 4.64. The van der Waals surface area contributed by atoms with E-state index in [0.717, 1.165) is 30.0 Å². The van der Waals surface area contributed by atoms with Gasteiger partial charge in [0.1, 0.15) is 0 Å². The first-order chi connectivity index (χ1) is 8.15. The van der Waals surface area contributed by atoms with Gasteiger partial charge >= 0.3 is 0 Å². The van der Waals surface area contributed by atoms with Gasteiger partial charge in [0.05, 0.1) is 0 Å². The zero-order valence-corrected chi connectivity index (χ0v) is 11.4. The third-order valence-corrected chi connectivity index (χ3v) is 5.82. The Labute approximate surface area is 106 Å². The minimum Gasteiger partial charge on any atom is -0.328 e. The molecule has 98 valence electrons. The van der Waals surface area contributed by atoms with Crippen LogP contribution in [0.2, 0.25) is 0 Å². The first-order valence-electron chi connectivity index (χ1n) is 7.68. The fourth-order valence-corrected chi connectivity index (χ4v) is 4.64. The molecule has 0 spiro atoms. The van der Waals surface area contributed by atoms with Crippen LogP contribution in [-0.4, -0.2) is 29.1 Å². The minimum absolute atomic E-state index is 0.490. The number of hydrogen-bond acceptors (Lipinski definition) is 2. The van der Waals surface area contributed by atoms with E-state index >= 15 is 0 Å². The van der Waals surface area contributed by atoms with E-state index < -0.39 is 0 Å². The van der Waals surface area contributed by atoms with Crippen LogP contribution in [0, 0.1) is 11.8 Å². The molecule has 0 aromatic rings. The second-order valence-electron chi connectivity index (χ2n) is 6.99. The Morgan fingerprint density at radius 3 is 1.88 bits per heavy atom. The normalized spacial score (nSPS) is 51.7. The quantitative estimate of drug-likeness (QED) is 0.758. The molecule has 0 aromatic heterocycles. The van der Waals surface area contributed by atoms with Gasteiger partial charge in [-0.1, -0.05) is 13.8 Å². The zero-order chi connectivity index (χ0) is 12.0. The van der Waals surface area contributed by atoms with Gasteiger partial charge in [0.25, 0.3) is 0 Å². The second kappa shape index (κ2) is 4.55. The third-order valence-electron chi connectivity index (χ3n) is 5.82. The van der Waals surface area contributed by atoms with Crippen LogP contribution in [0.25, 0.3) is 0 Å². The van der Waals surface area contributed by atoms with Gasteiger partial charge in [-0.2, -0.15) is 0 Å². The minimum atomic E-state index is 0.490. The zero-order valence-electron chi connectivity index (χ0n) is 11.4. The third kappa shape index (κ3) is 2.15. The molecule has 5 atom stereocenters. The molecule has 0 radical (unpaired) electrons. The lowest BCUT2D eigenvalue weighted by molar-refractivity contribution is 0.0354. The Morgan fingerprint density at radius 2 is 1.29 bits per heavy atom. The van der Waals surface area contributed by atoms with Crippen LogP contribution in [0.3, 0.4) is 0 Å². The van der Waals surface area contributed by atoms with Crippen molar-refractivity contribution < 1.29 is 0 Å². The van der Waals surface area contributed by atoms with Crippen LogP contribution in [0.15, 0.2) is 0 Å². The number of fused-ring (bicyclic) bond motifs is 2. The summed E-state index contributed by atoms with van der Waals surface area (Å²) in [7, 11) is 0. The van der Waals surface area contributed by atoms with Crippen molar-refractivity contribution in [2.24, 2.45) is 17.6 Å². The molecule has 0 aromatic carbocycles. The highest BCUT2D eigenvalue weighted by atomic mass is 15.3. The van der Waals surface area contributed by atoms with E-state index in [2.05, 4.69) is 18.7 Å². The Bertz CT molecular complexity index is 264. The van der Waals surface area contributed by atoms with Crippen molar-refractivity contribution in [2.75, 3.05) is 0 Å². The lowest BCUT2D eigenvalue weighted by atomic mass is 9.77. The predicted molar refractivity (Wildman–Crippen MR) is 71.8 cm³/mol. The van der Waals surface area contributed by atoms with Gasteiger partial charge in [0.2, 0.25) is 0 Å². The lowest BCUT2D eigenvalue weighted by Gasteiger charge is -2.46. The number of rotatable bonds is 1. The summed E-state index contributed by atoms with van der Waals surface area (Å²) < 4.78 is 0. The molecule has 2 heterocycles. The highest BCUT2D eigenvalue weighted by Crippen LogP contribution is 2.42. The molecule has 2 aliphatic heterocycles. The Morgan fingerprint density at radius 1 is 0.765 bits per heavy atom.